The van der Waals surface area contributed by atoms with Crippen LogP contribution in [0.3, 0.4) is 0 Å². The Hall–Kier alpha value is -1.35. The van der Waals surface area contributed by atoms with E-state index in [0.29, 0.717) is 18.8 Å². The molecule has 0 aromatic heterocycles. The van der Waals surface area contributed by atoms with Crippen LogP contribution in [0.25, 0.3) is 0 Å². The predicted molar refractivity (Wildman–Crippen MR) is 67.9 cm³/mol. The lowest BCUT2D eigenvalue weighted by molar-refractivity contribution is -0.122. The Morgan fingerprint density at radius 3 is 3.11 bits per heavy atom. The zero-order chi connectivity index (χ0) is 12.4. The summed E-state index contributed by atoms with van der Waals surface area (Å²) in [5.41, 5.74) is 2.52. The highest BCUT2D eigenvalue weighted by molar-refractivity contribution is 5.81. The molecule has 0 saturated carbocycles. The molecule has 0 amide bonds. The maximum Gasteiger partial charge on any atom is 0.138 e. The number of fused-ring (bicyclic) bond motifs is 1. The minimum atomic E-state index is 0.141. The van der Waals surface area contributed by atoms with Gasteiger partial charge in [0.2, 0.25) is 0 Å². The standard InChI is InChI=1S/C15H18O3/c16-14(13-5-7-17-10-13)3-1-11-2-4-15-12(9-11)6-8-18-15/h2,4,9,13H,1,3,5-8,10H2. The Morgan fingerprint density at radius 1 is 1.33 bits per heavy atom. The highest BCUT2D eigenvalue weighted by Gasteiger charge is 2.23. The number of carbonyl (C=O) groups excluding carboxylic acids is 1. The molecule has 0 bridgehead atoms. The van der Waals surface area contributed by atoms with Crippen molar-refractivity contribution in [3.8, 4) is 5.75 Å². The molecule has 0 N–H and O–H groups in total. The summed E-state index contributed by atoms with van der Waals surface area (Å²) in [6.45, 7) is 2.15. The van der Waals surface area contributed by atoms with E-state index in [-0.39, 0.29) is 5.92 Å². The Labute approximate surface area is 107 Å². The van der Waals surface area contributed by atoms with Crippen LogP contribution >= 0.6 is 0 Å². The summed E-state index contributed by atoms with van der Waals surface area (Å²) in [7, 11) is 0. The zero-order valence-electron chi connectivity index (χ0n) is 10.5. The van der Waals surface area contributed by atoms with Gasteiger partial charge in [0.25, 0.3) is 0 Å². The highest BCUT2D eigenvalue weighted by Crippen LogP contribution is 2.26. The smallest absolute Gasteiger partial charge is 0.138 e. The van der Waals surface area contributed by atoms with Crippen molar-refractivity contribution in [2.24, 2.45) is 5.92 Å². The van der Waals surface area contributed by atoms with E-state index >= 15 is 0 Å². The van der Waals surface area contributed by atoms with E-state index in [4.69, 9.17) is 9.47 Å². The molecule has 1 unspecified atom stereocenters. The molecule has 2 aliphatic heterocycles. The Kier molecular flexibility index (Phi) is 3.33. The molecule has 2 aliphatic rings. The van der Waals surface area contributed by atoms with Crippen molar-refractivity contribution >= 4 is 5.78 Å². The van der Waals surface area contributed by atoms with Gasteiger partial charge < -0.3 is 9.47 Å². The lowest BCUT2D eigenvalue weighted by Crippen LogP contribution is -2.14. The van der Waals surface area contributed by atoms with Crippen LogP contribution in [0.2, 0.25) is 0 Å². The zero-order valence-corrected chi connectivity index (χ0v) is 10.5. The minimum Gasteiger partial charge on any atom is -0.493 e. The average molecular weight is 246 g/mol. The lowest BCUT2D eigenvalue weighted by Gasteiger charge is -2.07. The first-order chi connectivity index (χ1) is 8.83. The van der Waals surface area contributed by atoms with E-state index in [0.717, 1.165) is 38.2 Å². The van der Waals surface area contributed by atoms with Gasteiger partial charge in [-0.05, 0) is 30.0 Å². The van der Waals surface area contributed by atoms with Crippen molar-refractivity contribution in [3.63, 3.8) is 0 Å². The van der Waals surface area contributed by atoms with E-state index in [1.807, 2.05) is 6.07 Å². The molecule has 0 radical (unpaired) electrons. The Balaban J connectivity index is 1.58. The van der Waals surface area contributed by atoms with Gasteiger partial charge in [0.05, 0.1) is 13.2 Å². The highest BCUT2D eigenvalue weighted by atomic mass is 16.5. The summed E-state index contributed by atoms with van der Waals surface area (Å²) >= 11 is 0. The first-order valence-corrected chi connectivity index (χ1v) is 6.68. The normalized spacial score (nSPS) is 21.7. The molecule has 1 aromatic rings. The number of hydrogen-bond donors (Lipinski definition) is 0. The second-order valence-corrected chi connectivity index (χ2v) is 5.07. The molecule has 3 nitrogen and oxygen atoms in total. The largest absolute Gasteiger partial charge is 0.493 e. The first kappa shape index (κ1) is 11.7. The molecule has 18 heavy (non-hydrogen) atoms. The fourth-order valence-corrected chi connectivity index (χ4v) is 2.66. The number of hydrogen-bond acceptors (Lipinski definition) is 3. The van der Waals surface area contributed by atoms with E-state index in [9.17, 15) is 4.79 Å². The third-order valence-electron chi connectivity index (χ3n) is 3.80. The van der Waals surface area contributed by atoms with E-state index < -0.39 is 0 Å². The molecule has 1 fully saturated rings. The van der Waals surface area contributed by atoms with Crippen LogP contribution in [-0.2, 0) is 22.4 Å². The predicted octanol–water partition coefficient (Wildman–Crippen LogP) is 2.16. The Morgan fingerprint density at radius 2 is 2.28 bits per heavy atom. The maximum atomic E-state index is 11.9. The average Bonchev–Trinajstić information content (AvgIpc) is 3.05. The lowest BCUT2D eigenvalue weighted by atomic mass is 9.96. The Bertz CT molecular complexity index is 447. The molecule has 0 spiro atoms. The van der Waals surface area contributed by atoms with Crippen molar-refractivity contribution in [2.75, 3.05) is 19.8 Å². The maximum absolute atomic E-state index is 11.9. The van der Waals surface area contributed by atoms with Gasteiger partial charge in [-0.1, -0.05) is 12.1 Å². The van der Waals surface area contributed by atoms with Gasteiger partial charge in [-0.15, -0.1) is 0 Å². The number of ether oxygens (including phenoxy) is 2. The van der Waals surface area contributed by atoms with Gasteiger partial charge >= 0.3 is 0 Å². The van der Waals surface area contributed by atoms with Crippen LogP contribution in [0.1, 0.15) is 24.0 Å². The molecular formula is C15H18O3. The van der Waals surface area contributed by atoms with E-state index in [2.05, 4.69) is 12.1 Å². The molecule has 0 aliphatic carbocycles. The number of carbonyl (C=O) groups is 1. The van der Waals surface area contributed by atoms with Crippen LogP contribution < -0.4 is 4.74 Å². The van der Waals surface area contributed by atoms with Gasteiger partial charge in [-0.2, -0.15) is 0 Å². The molecule has 3 rings (SSSR count). The van der Waals surface area contributed by atoms with Crippen molar-refractivity contribution in [3.05, 3.63) is 29.3 Å². The summed E-state index contributed by atoms with van der Waals surface area (Å²) in [6, 6.07) is 6.28. The summed E-state index contributed by atoms with van der Waals surface area (Å²) in [5, 5.41) is 0. The van der Waals surface area contributed by atoms with Crippen molar-refractivity contribution in [1.29, 1.82) is 0 Å². The third kappa shape index (κ3) is 2.41. The number of Topliss-reactive ketones (excluding diaryl/α,β-unsaturated/α-hetero) is 1. The van der Waals surface area contributed by atoms with Crippen molar-refractivity contribution in [2.45, 2.75) is 25.7 Å². The number of aryl methyl sites for hydroxylation is 1. The van der Waals surface area contributed by atoms with Gasteiger partial charge in [0, 0.05) is 25.4 Å². The molecule has 1 aromatic carbocycles. The molecule has 2 heterocycles. The van der Waals surface area contributed by atoms with Crippen LogP contribution in [0, 0.1) is 5.92 Å². The monoisotopic (exact) mass is 246 g/mol. The van der Waals surface area contributed by atoms with Crippen molar-refractivity contribution in [1.82, 2.24) is 0 Å². The van der Waals surface area contributed by atoms with Crippen molar-refractivity contribution < 1.29 is 14.3 Å². The third-order valence-corrected chi connectivity index (χ3v) is 3.80. The van der Waals surface area contributed by atoms with Gasteiger partial charge in [0.1, 0.15) is 11.5 Å². The second kappa shape index (κ2) is 5.11. The number of ketones is 1. The van der Waals surface area contributed by atoms with Crippen LogP contribution in [0.5, 0.6) is 5.75 Å². The van der Waals surface area contributed by atoms with Gasteiger partial charge in [-0.3, -0.25) is 4.79 Å². The molecule has 1 atom stereocenters. The second-order valence-electron chi connectivity index (χ2n) is 5.07. The van der Waals surface area contributed by atoms with Crippen LogP contribution in [0.15, 0.2) is 18.2 Å². The quantitative estimate of drug-likeness (QED) is 0.816. The fourth-order valence-electron chi connectivity index (χ4n) is 2.66. The summed E-state index contributed by atoms with van der Waals surface area (Å²) in [4.78, 5) is 11.9. The summed E-state index contributed by atoms with van der Waals surface area (Å²) < 4.78 is 10.7. The van der Waals surface area contributed by atoms with Gasteiger partial charge in [-0.25, -0.2) is 0 Å². The van der Waals surface area contributed by atoms with Gasteiger partial charge in [0.15, 0.2) is 0 Å². The fraction of sp³-hybridized carbons (Fsp3) is 0.533. The first-order valence-electron chi connectivity index (χ1n) is 6.68. The molecule has 1 saturated heterocycles. The molecule has 96 valence electrons. The topological polar surface area (TPSA) is 35.5 Å². The summed E-state index contributed by atoms with van der Waals surface area (Å²) in [6.07, 6.45) is 3.36. The minimum absolute atomic E-state index is 0.141. The van der Waals surface area contributed by atoms with Crippen LogP contribution in [0.4, 0.5) is 0 Å². The molecule has 3 heteroatoms. The van der Waals surface area contributed by atoms with E-state index in [1.165, 1.54) is 11.1 Å². The van der Waals surface area contributed by atoms with E-state index in [1.54, 1.807) is 0 Å². The van der Waals surface area contributed by atoms with Crippen LogP contribution in [-0.4, -0.2) is 25.6 Å². The SMILES string of the molecule is O=C(CCc1ccc2c(c1)CCO2)C1CCOC1. The summed E-state index contributed by atoms with van der Waals surface area (Å²) in [5.74, 6) is 1.50. The number of rotatable bonds is 4. The number of benzene rings is 1. The molecular weight excluding hydrogens is 228 g/mol.